The van der Waals surface area contributed by atoms with E-state index in [4.69, 9.17) is 5.11 Å². The maximum absolute atomic E-state index is 9.91. The van der Waals surface area contributed by atoms with Gasteiger partial charge in [0.2, 0.25) is 0 Å². The van der Waals surface area contributed by atoms with Crippen molar-refractivity contribution >= 4 is 0 Å². The molecule has 0 heterocycles. The summed E-state index contributed by atoms with van der Waals surface area (Å²) in [4.78, 5) is 9.91. The van der Waals surface area contributed by atoms with Crippen molar-refractivity contribution in [2.24, 2.45) is 5.18 Å². The van der Waals surface area contributed by atoms with Crippen LogP contribution in [0, 0.1) is 4.91 Å². The Kier molecular flexibility index (Phi) is 19.2. The molecular weight excluding hydrogens is 262 g/mol. The van der Waals surface area contributed by atoms with Crippen molar-refractivity contribution in [3.05, 3.63) is 4.91 Å². The van der Waals surface area contributed by atoms with Gasteiger partial charge in [-0.15, -0.1) is 0 Å². The lowest BCUT2D eigenvalue weighted by atomic mass is 10.0. The van der Waals surface area contributed by atoms with Crippen LogP contribution in [0.1, 0.15) is 103 Å². The molecule has 0 spiro atoms. The van der Waals surface area contributed by atoms with E-state index < -0.39 is 0 Å². The Morgan fingerprint density at radius 1 is 0.476 bits per heavy atom. The van der Waals surface area contributed by atoms with Crippen LogP contribution in [0.2, 0.25) is 0 Å². The minimum atomic E-state index is 0.357. The van der Waals surface area contributed by atoms with E-state index in [0.717, 1.165) is 12.8 Å². The first-order chi connectivity index (χ1) is 10.4. The topological polar surface area (TPSA) is 49.7 Å². The highest BCUT2D eigenvalue weighted by Crippen LogP contribution is 2.13. The van der Waals surface area contributed by atoms with Gasteiger partial charge in [0, 0.05) is 6.61 Å². The lowest BCUT2D eigenvalue weighted by molar-refractivity contribution is 0.282. The smallest absolute Gasteiger partial charge is 0.0811 e. The molecule has 21 heavy (non-hydrogen) atoms. The van der Waals surface area contributed by atoms with Gasteiger partial charge in [0.25, 0.3) is 0 Å². The zero-order valence-corrected chi connectivity index (χ0v) is 14.0. The number of hydrogen-bond donors (Lipinski definition) is 1. The molecule has 3 nitrogen and oxygen atoms in total. The highest BCUT2D eigenvalue weighted by molar-refractivity contribution is 4.50. The van der Waals surface area contributed by atoms with E-state index in [0.29, 0.717) is 13.2 Å². The van der Waals surface area contributed by atoms with Gasteiger partial charge in [0.1, 0.15) is 0 Å². The van der Waals surface area contributed by atoms with Crippen LogP contribution < -0.4 is 0 Å². The predicted octanol–water partition coefficient (Wildman–Crippen LogP) is 5.99. The molecule has 0 unspecified atom stereocenters. The maximum atomic E-state index is 9.91. The summed E-state index contributed by atoms with van der Waals surface area (Å²) in [6.07, 6.45) is 20.7. The van der Waals surface area contributed by atoms with Crippen molar-refractivity contribution in [2.75, 3.05) is 13.2 Å². The molecule has 0 aliphatic rings. The van der Waals surface area contributed by atoms with Gasteiger partial charge < -0.3 is 5.11 Å². The highest BCUT2D eigenvalue weighted by Gasteiger charge is 1.94. The zero-order chi connectivity index (χ0) is 15.4. The van der Waals surface area contributed by atoms with Crippen LogP contribution in [0.4, 0.5) is 0 Å². The summed E-state index contributed by atoms with van der Waals surface area (Å²) in [6.45, 7) is 0.859. The first kappa shape index (κ1) is 20.6. The minimum absolute atomic E-state index is 0.357. The third-order valence-corrected chi connectivity index (χ3v) is 4.16. The number of hydrogen-bond acceptors (Lipinski definition) is 3. The summed E-state index contributed by atoms with van der Waals surface area (Å²) in [7, 11) is 0. The lowest BCUT2D eigenvalue weighted by Crippen LogP contribution is -1.85. The van der Waals surface area contributed by atoms with Crippen LogP contribution in [0.3, 0.4) is 0 Å². The molecule has 0 saturated carbocycles. The van der Waals surface area contributed by atoms with Crippen LogP contribution in [0.5, 0.6) is 0 Å². The molecule has 0 radical (unpaired) electrons. The van der Waals surface area contributed by atoms with Gasteiger partial charge in [-0.2, -0.15) is 4.91 Å². The average molecular weight is 299 g/mol. The molecule has 0 fully saturated rings. The maximum Gasteiger partial charge on any atom is 0.0811 e. The molecule has 0 saturated heterocycles. The quantitative estimate of drug-likeness (QED) is 0.250. The zero-order valence-electron chi connectivity index (χ0n) is 14.0. The Balaban J connectivity index is 2.91. The number of unbranched alkanes of at least 4 members (excludes halogenated alkanes) is 15. The van der Waals surface area contributed by atoms with Gasteiger partial charge in [-0.3, -0.25) is 0 Å². The molecule has 0 rings (SSSR count). The van der Waals surface area contributed by atoms with Gasteiger partial charge in [0.15, 0.2) is 0 Å². The summed E-state index contributed by atoms with van der Waals surface area (Å²) in [6, 6.07) is 0. The molecule has 0 atom stereocenters. The monoisotopic (exact) mass is 299 g/mol. The van der Waals surface area contributed by atoms with Crippen LogP contribution in [-0.2, 0) is 0 Å². The fourth-order valence-corrected chi connectivity index (χ4v) is 2.76. The van der Waals surface area contributed by atoms with E-state index in [9.17, 15) is 4.91 Å². The SMILES string of the molecule is O=NCCCCCCCCCCCCCCCCCCO. The Morgan fingerprint density at radius 3 is 1.05 bits per heavy atom. The normalized spacial score (nSPS) is 10.9. The summed E-state index contributed by atoms with van der Waals surface area (Å²) in [5.41, 5.74) is 0. The number of nitroso groups, excluding NO2 is 1. The van der Waals surface area contributed by atoms with Crippen molar-refractivity contribution in [2.45, 2.75) is 103 Å². The molecule has 0 amide bonds. The standard InChI is InChI=1S/C18H37NO2/c20-18-16-14-12-10-8-6-4-2-1-3-5-7-9-11-13-15-17-19-21/h20H,1-18H2. The molecular formula is C18H37NO2. The van der Waals surface area contributed by atoms with Gasteiger partial charge in [-0.25, -0.2) is 0 Å². The molecule has 126 valence electrons. The fourth-order valence-electron chi connectivity index (χ4n) is 2.76. The first-order valence-corrected chi connectivity index (χ1v) is 9.32. The minimum Gasteiger partial charge on any atom is -0.396 e. The molecule has 0 aliphatic heterocycles. The van der Waals surface area contributed by atoms with Gasteiger partial charge in [-0.1, -0.05) is 95.1 Å². The van der Waals surface area contributed by atoms with E-state index in [2.05, 4.69) is 5.18 Å². The second kappa shape index (κ2) is 19.6. The number of aliphatic hydroxyl groups is 1. The summed E-state index contributed by atoms with van der Waals surface area (Å²) < 4.78 is 0. The van der Waals surface area contributed by atoms with E-state index >= 15 is 0 Å². The number of nitrogens with zero attached hydrogens (tertiary/aromatic N) is 1. The van der Waals surface area contributed by atoms with Crippen molar-refractivity contribution in [1.29, 1.82) is 0 Å². The Bertz CT molecular complexity index is 198. The van der Waals surface area contributed by atoms with E-state index in [1.165, 1.54) is 89.9 Å². The average Bonchev–Trinajstić information content (AvgIpc) is 2.50. The Hall–Kier alpha value is -0.440. The van der Waals surface area contributed by atoms with E-state index in [1.54, 1.807) is 0 Å². The van der Waals surface area contributed by atoms with Crippen molar-refractivity contribution in [3.8, 4) is 0 Å². The second-order valence-electron chi connectivity index (χ2n) is 6.23. The third-order valence-electron chi connectivity index (χ3n) is 4.16. The predicted molar refractivity (Wildman–Crippen MR) is 91.6 cm³/mol. The van der Waals surface area contributed by atoms with Crippen LogP contribution in [0.25, 0.3) is 0 Å². The van der Waals surface area contributed by atoms with Crippen LogP contribution in [-0.4, -0.2) is 18.3 Å². The lowest BCUT2D eigenvalue weighted by Gasteiger charge is -2.03. The first-order valence-electron chi connectivity index (χ1n) is 9.32. The molecule has 0 aromatic rings. The molecule has 1 N–H and O–H groups in total. The molecule has 0 bridgehead atoms. The summed E-state index contributed by atoms with van der Waals surface area (Å²) in [5, 5.41) is 11.6. The molecule has 0 aromatic carbocycles. The third kappa shape index (κ3) is 19.6. The van der Waals surface area contributed by atoms with Gasteiger partial charge in [-0.05, 0) is 12.8 Å². The van der Waals surface area contributed by atoms with Crippen molar-refractivity contribution in [3.63, 3.8) is 0 Å². The number of aliphatic hydroxyl groups excluding tert-OH is 1. The highest BCUT2D eigenvalue weighted by atomic mass is 16.3. The number of rotatable bonds is 18. The molecule has 0 aliphatic carbocycles. The van der Waals surface area contributed by atoms with Crippen LogP contribution >= 0.6 is 0 Å². The van der Waals surface area contributed by atoms with Crippen LogP contribution in [0.15, 0.2) is 5.18 Å². The van der Waals surface area contributed by atoms with E-state index in [-0.39, 0.29) is 0 Å². The second-order valence-corrected chi connectivity index (χ2v) is 6.23. The van der Waals surface area contributed by atoms with Crippen molar-refractivity contribution < 1.29 is 5.11 Å². The summed E-state index contributed by atoms with van der Waals surface area (Å²) in [5.74, 6) is 0. The summed E-state index contributed by atoms with van der Waals surface area (Å²) >= 11 is 0. The van der Waals surface area contributed by atoms with E-state index in [1.807, 2.05) is 0 Å². The molecule has 3 heteroatoms. The largest absolute Gasteiger partial charge is 0.396 e. The Morgan fingerprint density at radius 2 is 0.762 bits per heavy atom. The van der Waals surface area contributed by atoms with Crippen molar-refractivity contribution in [1.82, 2.24) is 0 Å². The fraction of sp³-hybridized carbons (Fsp3) is 1.00. The van der Waals surface area contributed by atoms with Gasteiger partial charge in [0.05, 0.1) is 6.54 Å². The Labute approximate surface area is 131 Å². The molecule has 0 aromatic heterocycles. The van der Waals surface area contributed by atoms with Gasteiger partial charge >= 0.3 is 0 Å².